The summed E-state index contributed by atoms with van der Waals surface area (Å²) in [5.74, 6) is 0.745. The predicted octanol–water partition coefficient (Wildman–Crippen LogP) is 2.31. The van der Waals surface area contributed by atoms with Gasteiger partial charge < -0.3 is 9.84 Å². The van der Waals surface area contributed by atoms with E-state index in [-0.39, 0.29) is 0 Å². The van der Waals surface area contributed by atoms with Crippen LogP contribution in [0, 0.1) is 5.41 Å². The topological polar surface area (TPSA) is 51.0 Å². The Bertz CT molecular complexity index is 344. The molecule has 4 heteroatoms. The Morgan fingerprint density at radius 3 is 2.82 bits per heavy atom. The van der Waals surface area contributed by atoms with Gasteiger partial charge in [-0.2, -0.15) is 4.98 Å². The molecule has 1 unspecified atom stereocenters. The highest BCUT2D eigenvalue weighted by atomic mass is 16.5. The molecule has 94 valence electrons. The van der Waals surface area contributed by atoms with E-state index in [1.165, 1.54) is 51.3 Å². The third kappa shape index (κ3) is 2.23. The van der Waals surface area contributed by atoms with E-state index < -0.39 is 0 Å². The molecule has 2 saturated carbocycles. The smallest absolute Gasteiger partial charge is 0.227 e. The lowest BCUT2D eigenvalue weighted by atomic mass is 9.57. The highest BCUT2D eigenvalue weighted by Crippen LogP contribution is 2.51. The molecular weight excluding hydrogens is 214 g/mol. The molecular formula is C13H21N3O. The van der Waals surface area contributed by atoms with Crippen molar-refractivity contribution in [3.05, 3.63) is 12.2 Å². The first-order valence-electron chi connectivity index (χ1n) is 6.88. The summed E-state index contributed by atoms with van der Waals surface area (Å²) in [6.45, 7) is 0.967. The van der Waals surface area contributed by atoms with E-state index in [2.05, 4.69) is 15.5 Å². The van der Waals surface area contributed by atoms with Crippen LogP contribution in [0.25, 0.3) is 0 Å². The van der Waals surface area contributed by atoms with Crippen molar-refractivity contribution in [1.29, 1.82) is 0 Å². The second kappa shape index (κ2) is 4.77. The molecule has 2 aliphatic carbocycles. The van der Waals surface area contributed by atoms with Crippen molar-refractivity contribution in [2.24, 2.45) is 5.41 Å². The molecule has 0 saturated heterocycles. The molecule has 4 nitrogen and oxygen atoms in total. The van der Waals surface area contributed by atoms with Gasteiger partial charge in [-0.3, -0.25) is 0 Å². The molecule has 0 aromatic carbocycles. The Labute approximate surface area is 102 Å². The predicted molar refractivity (Wildman–Crippen MR) is 64.5 cm³/mol. The number of nitrogens with zero attached hydrogens (tertiary/aromatic N) is 2. The Hall–Kier alpha value is -0.900. The number of hydrogen-bond acceptors (Lipinski definition) is 4. The molecule has 3 rings (SSSR count). The molecule has 0 radical (unpaired) electrons. The molecule has 1 heterocycles. The summed E-state index contributed by atoms with van der Waals surface area (Å²) in [5, 5.41) is 7.31. The molecule has 0 bridgehead atoms. The molecule has 1 spiro atoms. The van der Waals surface area contributed by atoms with Crippen molar-refractivity contribution >= 4 is 0 Å². The van der Waals surface area contributed by atoms with Gasteiger partial charge in [0.15, 0.2) is 6.33 Å². The Kier molecular flexibility index (Phi) is 3.14. The number of nitrogens with one attached hydrogen (secondary N) is 1. The SMILES string of the molecule is c1noc(CCNC2CCC23CCCCC3)n1. The lowest BCUT2D eigenvalue weighted by Gasteiger charge is -2.52. The fourth-order valence-corrected chi connectivity index (χ4v) is 3.53. The highest BCUT2D eigenvalue weighted by molar-refractivity contribution is 5.01. The number of rotatable bonds is 4. The number of hydrogen-bond donors (Lipinski definition) is 1. The summed E-state index contributed by atoms with van der Waals surface area (Å²) in [5.41, 5.74) is 0.646. The minimum atomic E-state index is 0.646. The maximum atomic E-state index is 5.00. The fourth-order valence-electron chi connectivity index (χ4n) is 3.53. The van der Waals surface area contributed by atoms with E-state index in [0.29, 0.717) is 5.41 Å². The van der Waals surface area contributed by atoms with Crippen LogP contribution in [0.1, 0.15) is 50.8 Å². The normalized spacial score (nSPS) is 26.9. The van der Waals surface area contributed by atoms with Crippen molar-refractivity contribution in [3.63, 3.8) is 0 Å². The first-order valence-corrected chi connectivity index (χ1v) is 6.88. The molecule has 1 N–H and O–H groups in total. The zero-order valence-electron chi connectivity index (χ0n) is 10.3. The van der Waals surface area contributed by atoms with Gasteiger partial charge in [-0.15, -0.1) is 0 Å². The van der Waals surface area contributed by atoms with Gasteiger partial charge in [0.25, 0.3) is 0 Å². The van der Waals surface area contributed by atoms with Crippen molar-refractivity contribution in [3.8, 4) is 0 Å². The van der Waals surface area contributed by atoms with E-state index in [1.807, 2.05) is 0 Å². The van der Waals surface area contributed by atoms with Crippen molar-refractivity contribution in [2.45, 2.75) is 57.4 Å². The third-order valence-corrected chi connectivity index (χ3v) is 4.66. The lowest BCUT2D eigenvalue weighted by Crippen LogP contribution is -2.54. The maximum absolute atomic E-state index is 5.00. The third-order valence-electron chi connectivity index (χ3n) is 4.66. The van der Waals surface area contributed by atoms with Crippen LogP contribution >= 0.6 is 0 Å². The summed E-state index contributed by atoms with van der Waals surface area (Å²) in [7, 11) is 0. The zero-order valence-corrected chi connectivity index (χ0v) is 10.3. The zero-order chi connectivity index (χ0) is 11.6. The van der Waals surface area contributed by atoms with Crippen molar-refractivity contribution in [1.82, 2.24) is 15.5 Å². The van der Waals surface area contributed by atoms with Crippen LogP contribution in [0.2, 0.25) is 0 Å². The van der Waals surface area contributed by atoms with E-state index in [9.17, 15) is 0 Å². The average Bonchev–Trinajstić information content (AvgIpc) is 2.87. The average molecular weight is 235 g/mol. The van der Waals surface area contributed by atoms with Crippen LogP contribution in [-0.2, 0) is 6.42 Å². The van der Waals surface area contributed by atoms with Gasteiger partial charge in [0.1, 0.15) is 0 Å². The monoisotopic (exact) mass is 235 g/mol. The number of aromatic nitrogens is 2. The van der Waals surface area contributed by atoms with Gasteiger partial charge in [-0.25, -0.2) is 0 Å². The fraction of sp³-hybridized carbons (Fsp3) is 0.846. The van der Waals surface area contributed by atoms with Crippen molar-refractivity contribution in [2.75, 3.05) is 6.54 Å². The largest absolute Gasteiger partial charge is 0.340 e. The van der Waals surface area contributed by atoms with Gasteiger partial charge in [0.2, 0.25) is 5.89 Å². The van der Waals surface area contributed by atoms with Gasteiger partial charge in [-0.05, 0) is 31.1 Å². The Morgan fingerprint density at radius 1 is 1.29 bits per heavy atom. The van der Waals surface area contributed by atoms with Gasteiger partial charge in [0.05, 0.1) is 0 Å². The van der Waals surface area contributed by atoms with E-state index in [1.54, 1.807) is 0 Å². The van der Waals surface area contributed by atoms with E-state index in [0.717, 1.165) is 24.9 Å². The first-order chi connectivity index (χ1) is 8.39. The minimum Gasteiger partial charge on any atom is -0.340 e. The quantitative estimate of drug-likeness (QED) is 0.870. The summed E-state index contributed by atoms with van der Waals surface area (Å²) >= 11 is 0. The second-order valence-corrected chi connectivity index (χ2v) is 5.55. The summed E-state index contributed by atoms with van der Waals surface area (Å²) in [4.78, 5) is 4.04. The van der Waals surface area contributed by atoms with Gasteiger partial charge in [0, 0.05) is 19.0 Å². The van der Waals surface area contributed by atoms with Crippen LogP contribution in [0.5, 0.6) is 0 Å². The Morgan fingerprint density at radius 2 is 2.18 bits per heavy atom. The first kappa shape index (κ1) is 11.2. The van der Waals surface area contributed by atoms with E-state index >= 15 is 0 Å². The van der Waals surface area contributed by atoms with Crippen LogP contribution in [0.15, 0.2) is 10.9 Å². The van der Waals surface area contributed by atoms with E-state index in [4.69, 9.17) is 4.52 Å². The molecule has 1 aromatic heterocycles. The minimum absolute atomic E-state index is 0.646. The summed E-state index contributed by atoms with van der Waals surface area (Å²) in [6, 6.07) is 0.741. The molecule has 17 heavy (non-hydrogen) atoms. The second-order valence-electron chi connectivity index (χ2n) is 5.55. The van der Waals surface area contributed by atoms with Crippen LogP contribution in [0.3, 0.4) is 0 Å². The lowest BCUT2D eigenvalue weighted by molar-refractivity contribution is 0.0233. The molecule has 2 fully saturated rings. The van der Waals surface area contributed by atoms with Crippen molar-refractivity contribution < 1.29 is 4.52 Å². The molecule has 1 aromatic rings. The maximum Gasteiger partial charge on any atom is 0.227 e. The molecule has 1 atom stereocenters. The standard InChI is InChI=1S/C13H21N3O/c1-2-6-13(7-3-1)8-4-11(13)14-9-5-12-15-10-16-17-12/h10-11,14H,1-9H2. The molecule has 0 amide bonds. The Balaban J connectivity index is 1.46. The van der Waals surface area contributed by atoms with Crippen LogP contribution in [-0.4, -0.2) is 22.7 Å². The van der Waals surface area contributed by atoms with Crippen LogP contribution < -0.4 is 5.32 Å². The van der Waals surface area contributed by atoms with Crippen LogP contribution in [0.4, 0.5) is 0 Å². The summed E-state index contributed by atoms with van der Waals surface area (Å²) in [6.07, 6.45) is 12.3. The van der Waals surface area contributed by atoms with Gasteiger partial charge in [-0.1, -0.05) is 24.4 Å². The molecule has 2 aliphatic rings. The molecule has 0 aliphatic heterocycles. The summed E-state index contributed by atoms with van der Waals surface area (Å²) < 4.78 is 5.00. The highest BCUT2D eigenvalue weighted by Gasteiger charge is 2.46. The van der Waals surface area contributed by atoms with Gasteiger partial charge >= 0.3 is 0 Å².